The highest BCUT2D eigenvalue weighted by Crippen LogP contribution is 2.38. The van der Waals surface area contributed by atoms with Crippen molar-refractivity contribution >= 4 is 23.1 Å². The van der Waals surface area contributed by atoms with Crippen LogP contribution in [0.15, 0.2) is 6.07 Å². The first kappa shape index (κ1) is 28.9. The molecule has 0 bridgehead atoms. The minimum absolute atomic E-state index is 0.00188. The number of benzene rings is 1. The smallest absolute Gasteiger partial charge is 0.163 e. The van der Waals surface area contributed by atoms with Crippen molar-refractivity contribution in [1.82, 2.24) is 0 Å². The van der Waals surface area contributed by atoms with E-state index in [1.165, 1.54) is 13.3 Å². The van der Waals surface area contributed by atoms with Crippen molar-refractivity contribution < 1.29 is 19.2 Å². The van der Waals surface area contributed by atoms with Crippen LogP contribution in [0.3, 0.4) is 0 Å². The van der Waals surface area contributed by atoms with E-state index in [4.69, 9.17) is 0 Å². The van der Waals surface area contributed by atoms with Gasteiger partial charge in [0, 0.05) is 23.5 Å². The van der Waals surface area contributed by atoms with Crippen molar-refractivity contribution in [3.8, 4) is 0 Å². The quantitative estimate of drug-likeness (QED) is 0.279. The summed E-state index contributed by atoms with van der Waals surface area (Å²) in [5.74, 6) is 0.199. The Balaban J connectivity index is 0.00000172. The molecule has 0 heterocycles. The highest BCUT2D eigenvalue weighted by molar-refractivity contribution is 6.05. The number of fused-ring (bicyclic) bond motifs is 1. The molecular formula is C29H44O4. The summed E-state index contributed by atoms with van der Waals surface area (Å²) in [7, 11) is 0. The second-order valence-corrected chi connectivity index (χ2v) is 9.82. The lowest BCUT2D eigenvalue weighted by atomic mass is 9.71. The minimum Gasteiger partial charge on any atom is -0.300 e. The van der Waals surface area contributed by atoms with Crippen molar-refractivity contribution in [2.75, 3.05) is 0 Å². The Labute approximate surface area is 200 Å². The third-order valence-corrected chi connectivity index (χ3v) is 6.72. The molecular weight excluding hydrogens is 412 g/mol. The normalized spacial score (nSPS) is 16.8. The van der Waals surface area contributed by atoms with Crippen LogP contribution in [-0.2, 0) is 16.0 Å². The lowest BCUT2D eigenvalue weighted by molar-refractivity contribution is -0.129. The lowest BCUT2D eigenvalue weighted by Gasteiger charge is -2.32. The average Bonchev–Trinajstić information content (AvgIpc) is 2.70. The van der Waals surface area contributed by atoms with E-state index in [0.29, 0.717) is 24.8 Å². The molecule has 3 unspecified atom stereocenters. The lowest BCUT2D eigenvalue weighted by Crippen LogP contribution is -2.30. The molecule has 0 fully saturated rings. The molecule has 1 aromatic rings. The molecule has 4 nitrogen and oxygen atoms in total. The Hall–Kier alpha value is -2.10. The van der Waals surface area contributed by atoms with Crippen LogP contribution < -0.4 is 0 Å². The van der Waals surface area contributed by atoms with E-state index in [1.807, 2.05) is 26.8 Å². The number of carbonyl (C=O) groups is 4. The average molecular weight is 457 g/mol. The zero-order chi connectivity index (χ0) is 25.3. The predicted molar refractivity (Wildman–Crippen MR) is 135 cm³/mol. The number of hydrogen-bond acceptors (Lipinski definition) is 4. The molecule has 0 N–H and O–H groups in total. The summed E-state index contributed by atoms with van der Waals surface area (Å²) in [6.07, 6.45) is 5.78. The first-order valence-electron chi connectivity index (χ1n) is 12.7. The summed E-state index contributed by atoms with van der Waals surface area (Å²) in [5, 5.41) is 0. The fourth-order valence-electron chi connectivity index (χ4n) is 5.25. The molecule has 0 saturated carbocycles. The van der Waals surface area contributed by atoms with Gasteiger partial charge >= 0.3 is 0 Å². The molecule has 0 amide bonds. The van der Waals surface area contributed by atoms with E-state index < -0.39 is 0 Å². The summed E-state index contributed by atoms with van der Waals surface area (Å²) >= 11 is 0. The van der Waals surface area contributed by atoms with Crippen molar-refractivity contribution in [2.24, 2.45) is 17.8 Å². The fraction of sp³-hybridized carbons (Fsp3) is 0.655. The summed E-state index contributed by atoms with van der Waals surface area (Å²) in [6.45, 7) is 15.3. The van der Waals surface area contributed by atoms with Crippen LogP contribution in [0.25, 0.3) is 0 Å². The van der Waals surface area contributed by atoms with Gasteiger partial charge in [0.2, 0.25) is 0 Å². The number of aryl methyl sites for hydroxylation is 1. The topological polar surface area (TPSA) is 68.3 Å². The predicted octanol–water partition coefficient (Wildman–Crippen LogP) is 7.05. The molecule has 4 heteroatoms. The van der Waals surface area contributed by atoms with Gasteiger partial charge in [-0.1, -0.05) is 47.0 Å². The van der Waals surface area contributed by atoms with Crippen LogP contribution in [0.5, 0.6) is 0 Å². The number of hydrogen-bond donors (Lipinski definition) is 0. The van der Waals surface area contributed by atoms with Crippen LogP contribution in [0, 0.1) is 31.6 Å². The van der Waals surface area contributed by atoms with Crippen LogP contribution in [0.2, 0.25) is 0 Å². The summed E-state index contributed by atoms with van der Waals surface area (Å²) in [5.41, 5.74) is 4.26. The van der Waals surface area contributed by atoms with Crippen LogP contribution in [0.4, 0.5) is 0 Å². The Morgan fingerprint density at radius 2 is 1.64 bits per heavy atom. The van der Waals surface area contributed by atoms with Crippen molar-refractivity contribution in [3.63, 3.8) is 0 Å². The second kappa shape index (κ2) is 13.6. The van der Waals surface area contributed by atoms with Gasteiger partial charge in [-0.25, -0.2) is 0 Å². The van der Waals surface area contributed by atoms with Gasteiger partial charge in [0.25, 0.3) is 0 Å². The Morgan fingerprint density at radius 1 is 1.03 bits per heavy atom. The van der Waals surface area contributed by atoms with Gasteiger partial charge in [0.15, 0.2) is 11.6 Å². The van der Waals surface area contributed by atoms with E-state index in [-0.39, 0.29) is 47.3 Å². The van der Waals surface area contributed by atoms with E-state index in [9.17, 15) is 19.2 Å². The maximum atomic E-state index is 13.1. The molecule has 0 aliphatic heterocycles. The Morgan fingerprint density at radius 3 is 2.12 bits per heavy atom. The van der Waals surface area contributed by atoms with E-state index in [1.54, 1.807) is 6.92 Å². The highest BCUT2D eigenvalue weighted by atomic mass is 16.1. The summed E-state index contributed by atoms with van der Waals surface area (Å²) in [4.78, 5) is 49.5. The minimum atomic E-state index is -0.141. The maximum Gasteiger partial charge on any atom is 0.163 e. The monoisotopic (exact) mass is 456 g/mol. The van der Waals surface area contributed by atoms with Gasteiger partial charge < -0.3 is 0 Å². The molecule has 1 aliphatic rings. The van der Waals surface area contributed by atoms with Crippen LogP contribution >= 0.6 is 0 Å². The molecule has 0 spiro atoms. The third kappa shape index (κ3) is 7.72. The fourth-order valence-corrected chi connectivity index (χ4v) is 5.25. The first-order chi connectivity index (χ1) is 15.5. The van der Waals surface area contributed by atoms with Gasteiger partial charge in [-0.2, -0.15) is 0 Å². The molecule has 0 aromatic heterocycles. The van der Waals surface area contributed by atoms with E-state index >= 15 is 0 Å². The number of rotatable bonds is 10. The van der Waals surface area contributed by atoms with E-state index in [2.05, 4.69) is 20.8 Å². The Bertz CT molecular complexity index is 865. The SMILES string of the molecule is CCC.CCCC(CC1CC(=O)c2c(C)c(C)cc(C(C)=O)c2C1)C(CC)C(=O)CC(C)=O. The molecule has 0 radical (unpaired) electrons. The number of ketones is 4. The molecule has 0 saturated heterocycles. The zero-order valence-electron chi connectivity index (χ0n) is 22.1. The first-order valence-corrected chi connectivity index (χ1v) is 12.7. The van der Waals surface area contributed by atoms with Crippen LogP contribution in [0.1, 0.15) is 124 Å². The molecule has 1 aromatic carbocycles. The number of carbonyl (C=O) groups excluding carboxylic acids is 4. The molecule has 1 aliphatic carbocycles. The highest BCUT2D eigenvalue weighted by Gasteiger charge is 2.34. The van der Waals surface area contributed by atoms with Gasteiger partial charge in [0.05, 0.1) is 6.42 Å². The van der Waals surface area contributed by atoms with Gasteiger partial charge in [-0.15, -0.1) is 0 Å². The molecule has 3 atom stereocenters. The van der Waals surface area contributed by atoms with E-state index in [0.717, 1.165) is 41.5 Å². The third-order valence-electron chi connectivity index (χ3n) is 6.72. The van der Waals surface area contributed by atoms with Crippen molar-refractivity contribution in [1.29, 1.82) is 0 Å². The zero-order valence-corrected chi connectivity index (χ0v) is 22.1. The second-order valence-electron chi connectivity index (χ2n) is 9.82. The van der Waals surface area contributed by atoms with Gasteiger partial charge in [0.1, 0.15) is 11.6 Å². The maximum absolute atomic E-state index is 13.1. The van der Waals surface area contributed by atoms with Crippen LogP contribution in [-0.4, -0.2) is 23.1 Å². The molecule has 2 rings (SSSR count). The number of Topliss-reactive ketones (excluding diaryl/α,β-unsaturated/α-hetero) is 4. The van der Waals surface area contributed by atoms with Crippen molar-refractivity contribution in [2.45, 2.75) is 107 Å². The van der Waals surface area contributed by atoms with Gasteiger partial charge in [-0.05, 0) is 81.5 Å². The standard InChI is InChI=1S/C26H36O4.C3H8/c1-7-9-20(21(8-2)24(29)11-16(4)27)12-19-13-23-22(18(6)28)10-15(3)17(5)26(23)25(30)14-19;1-3-2/h10,19-21H,7-9,11-14H2,1-6H3;3H2,1-2H3. The van der Waals surface area contributed by atoms with Crippen molar-refractivity contribution in [3.05, 3.63) is 33.9 Å². The van der Waals surface area contributed by atoms with Gasteiger partial charge in [-0.3, -0.25) is 19.2 Å². The molecule has 184 valence electrons. The summed E-state index contributed by atoms with van der Waals surface area (Å²) in [6, 6.07) is 1.92. The Kier molecular flexibility index (Phi) is 11.9. The molecule has 33 heavy (non-hydrogen) atoms. The largest absolute Gasteiger partial charge is 0.300 e. The summed E-state index contributed by atoms with van der Waals surface area (Å²) < 4.78 is 0.